The molecule has 2 fully saturated rings. The number of benzene rings is 3. The highest BCUT2D eigenvalue weighted by Crippen LogP contribution is 2.40. The van der Waals surface area contributed by atoms with Crippen molar-refractivity contribution in [2.24, 2.45) is 0 Å². The van der Waals surface area contributed by atoms with Gasteiger partial charge in [0.05, 0.1) is 15.6 Å². The molecular weight excluding hydrogens is 479 g/mol. The minimum absolute atomic E-state index is 0.448. The third-order valence-corrected chi connectivity index (χ3v) is 8.26. The van der Waals surface area contributed by atoms with Crippen LogP contribution in [0.3, 0.4) is 0 Å². The number of piperidine rings is 1. The number of nitrogens with zero attached hydrogens (tertiary/aromatic N) is 2. The van der Waals surface area contributed by atoms with Crippen molar-refractivity contribution in [2.45, 2.75) is 37.0 Å². The van der Waals surface area contributed by atoms with Crippen LogP contribution < -0.4 is 0 Å². The monoisotopic (exact) mass is 510 g/mol. The van der Waals surface area contributed by atoms with Gasteiger partial charge in [0, 0.05) is 32.7 Å². The summed E-state index contributed by atoms with van der Waals surface area (Å²) in [5.41, 5.74) is 2.17. The first kappa shape index (κ1) is 24.8. The molecule has 0 aliphatic carbocycles. The molecule has 5 rings (SSSR count). The summed E-state index contributed by atoms with van der Waals surface area (Å²) in [6.45, 7) is 4.82. The summed E-state index contributed by atoms with van der Waals surface area (Å²) in [5.74, 6) is 0. The second-order valence-corrected chi connectivity index (χ2v) is 10.7. The van der Waals surface area contributed by atoms with Gasteiger partial charge in [0.15, 0.2) is 0 Å². The van der Waals surface area contributed by atoms with Crippen LogP contribution in [0, 0.1) is 0 Å². The number of aliphatic hydroxyl groups is 1. The van der Waals surface area contributed by atoms with E-state index in [1.165, 1.54) is 5.56 Å². The summed E-state index contributed by atoms with van der Waals surface area (Å²) < 4.78 is 6.56. The number of likely N-dealkylation sites (tertiary alicyclic amines) is 1. The Morgan fingerprint density at radius 1 is 0.800 bits per heavy atom. The largest absolute Gasteiger partial charge is 0.385 e. The maximum absolute atomic E-state index is 11.2. The molecule has 0 saturated carbocycles. The van der Waals surface area contributed by atoms with E-state index in [1.807, 2.05) is 54.6 Å². The van der Waals surface area contributed by atoms with Crippen LogP contribution in [0.25, 0.3) is 0 Å². The predicted molar refractivity (Wildman–Crippen MR) is 142 cm³/mol. The van der Waals surface area contributed by atoms with E-state index >= 15 is 0 Å². The zero-order valence-corrected chi connectivity index (χ0v) is 21.4. The van der Waals surface area contributed by atoms with Crippen LogP contribution in [-0.4, -0.2) is 47.8 Å². The molecule has 2 saturated heterocycles. The van der Waals surface area contributed by atoms with Crippen LogP contribution in [0.4, 0.5) is 0 Å². The maximum atomic E-state index is 11.2. The Bertz CT molecular complexity index is 1120. The van der Waals surface area contributed by atoms with Crippen LogP contribution in [0.5, 0.6) is 0 Å². The minimum atomic E-state index is -0.741. The third kappa shape index (κ3) is 5.59. The van der Waals surface area contributed by atoms with E-state index in [1.54, 1.807) is 0 Å². The van der Waals surface area contributed by atoms with Crippen LogP contribution in [0.1, 0.15) is 36.0 Å². The van der Waals surface area contributed by atoms with Crippen molar-refractivity contribution in [3.05, 3.63) is 106 Å². The van der Waals surface area contributed by atoms with Gasteiger partial charge < -0.3 is 14.7 Å². The van der Waals surface area contributed by atoms with Gasteiger partial charge >= 0.3 is 0 Å². The van der Waals surface area contributed by atoms with Crippen LogP contribution in [-0.2, 0) is 22.5 Å². The summed E-state index contributed by atoms with van der Waals surface area (Å²) >= 11 is 12.6. The van der Waals surface area contributed by atoms with Crippen LogP contribution in [0.15, 0.2) is 78.9 Å². The number of halogens is 2. The van der Waals surface area contributed by atoms with Crippen LogP contribution >= 0.6 is 23.2 Å². The molecule has 0 amide bonds. The smallest absolute Gasteiger partial charge is 0.109 e. The van der Waals surface area contributed by atoms with Crippen molar-refractivity contribution >= 4 is 23.2 Å². The number of hydrogen-bond donors (Lipinski definition) is 1. The van der Waals surface area contributed by atoms with Crippen molar-refractivity contribution in [3.8, 4) is 0 Å². The van der Waals surface area contributed by atoms with Crippen molar-refractivity contribution in [3.63, 3.8) is 0 Å². The number of hydrogen-bond acceptors (Lipinski definition) is 4. The van der Waals surface area contributed by atoms with Gasteiger partial charge in [-0.2, -0.15) is 0 Å². The van der Waals surface area contributed by atoms with Crippen molar-refractivity contribution in [1.29, 1.82) is 0 Å². The summed E-state index contributed by atoms with van der Waals surface area (Å²) in [5, 5.41) is 12.3. The predicted octanol–water partition coefficient (Wildman–Crippen LogP) is 6.05. The highest BCUT2D eigenvalue weighted by atomic mass is 35.5. The molecule has 184 valence electrons. The Morgan fingerprint density at radius 2 is 1.49 bits per heavy atom. The van der Waals surface area contributed by atoms with Gasteiger partial charge in [-0.25, -0.2) is 0 Å². The van der Waals surface area contributed by atoms with E-state index < -0.39 is 11.2 Å². The fraction of sp³-hybridized carbons (Fsp3) is 0.379. The Morgan fingerprint density at radius 3 is 2.17 bits per heavy atom. The normalized spacial score (nSPS) is 22.9. The summed E-state index contributed by atoms with van der Waals surface area (Å²) in [6, 6.07) is 26.4. The highest BCUT2D eigenvalue weighted by Gasteiger charge is 2.42. The lowest BCUT2D eigenvalue weighted by atomic mass is 9.84. The van der Waals surface area contributed by atoms with Gasteiger partial charge in [-0.05, 0) is 48.1 Å². The molecule has 2 aliphatic rings. The molecule has 0 radical (unpaired) electrons. The first-order valence-electron chi connectivity index (χ1n) is 12.3. The van der Waals surface area contributed by atoms with Gasteiger partial charge in [0.2, 0.25) is 0 Å². The second kappa shape index (κ2) is 10.6. The molecule has 2 heterocycles. The summed E-state index contributed by atoms with van der Waals surface area (Å²) in [7, 11) is 0. The van der Waals surface area contributed by atoms with E-state index in [0.29, 0.717) is 16.8 Å². The fourth-order valence-electron chi connectivity index (χ4n) is 5.38. The Labute approximate surface area is 218 Å². The highest BCUT2D eigenvalue weighted by molar-refractivity contribution is 6.42. The molecule has 1 N–H and O–H groups in total. The number of rotatable bonds is 7. The van der Waals surface area contributed by atoms with E-state index in [4.69, 9.17) is 27.9 Å². The lowest BCUT2D eigenvalue weighted by Crippen LogP contribution is -2.44. The average molecular weight is 511 g/mol. The number of ether oxygens (including phenoxy) is 1. The Kier molecular flexibility index (Phi) is 7.50. The molecule has 35 heavy (non-hydrogen) atoms. The summed E-state index contributed by atoms with van der Waals surface area (Å²) in [4.78, 5) is 4.79. The zero-order valence-electron chi connectivity index (χ0n) is 19.9. The molecule has 0 spiro atoms. The Balaban J connectivity index is 1.28. The van der Waals surface area contributed by atoms with Gasteiger partial charge in [-0.3, -0.25) is 4.90 Å². The van der Waals surface area contributed by atoms with E-state index in [9.17, 15) is 5.11 Å². The van der Waals surface area contributed by atoms with Gasteiger partial charge in [0.1, 0.15) is 12.3 Å². The maximum Gasteiger partial charge on any atom is 0.109 e. The molecule has 6 heteroatoms. The fourth-order valence-corrected chi connectivity index (χ4v) is 5.68. The molecule has 1 unspecified atom stereocenters. The topological polar surface area (TPSA) is 35.9 Å². The molecule has 0 bridgehead atoms. The van der Waals surface area contributed by atoms with Gasteiger partial charge in [-0.1, -0.05) is 89.9 Å². The van der Waals surface area contributed by atoms with E-state index in [-0.39, 0.29) is 0 Å². The molecule has 0 aromatic heterocycles. The van der Waals surface area contributed by atoms with Crippen molar-refractivity contribution in [1.82, 2.24) is 9.80 Å². The molecule has 3 aromatic rings. The Hall–Kier alpha value is -1.92. The molecule has 1 atom stereocenters. The van der Waals surface area contributed by atoms with Crippen molar-refractivity contribution < 1.29 is 9.84 Å². The van der Waals surface area contributed by atoms with E-state index in [0.717, 1.165) is 63.1 Å². The lowest BCUT2D eigenvalue weighted by molar-refractivity contribution is -0.0406. The molecule has 3 aromatic carbocycles. The lowest BCUT2D eigenvalue weighted by Gasteiger charge is -2.40. The standard InChI is InChI=1S/C29H32Cl2N2O2/c30-26-12-11-25(19-27(26)31)29(21-33(22-35-29)20-23-7-3-1-4-8-23)15-18-32-16-13-28(34,14-17-32)24-9-5-2-6-10-24/h1-12,19,34H,13-18,20-22H2. The quantitative estimate of drug-likeness (QED) is 0.419. The van der Waals surface area contributed by atoms with E-state index in [2.05, 4.69) is 34.1 Å². The van der Waals surface area contributed by atoms with Crippen LogP contribution in [0.2, 0.25) is 10.0 Å². The second-order valence-electron chi connectivity index (χ2n) is 9.86. The summed E-state index contributed by atoms with van der Waals surface area (Å²) in [6.07, 6.45) is 2.32. The molecule has 2 aliphatic heterocycles. The van der Waals surface area contributed by atoms with Crippen molar-refractivity contribution in [2.75, 3.05) is 32.9 Å². The molecule has 4 nitrogen and oxygen atoms in total. The first-order valence-corrected chi connectivity index (χ1v) is 13.1. The molecular formula is C29H32Cl2N2O2. The average Bonchev–Trinajstić information content (AvgIpc) is 3.30. The zero-order chi connectivity index (χ0) is 24.3. The van der Waals surface area contributed by atoms with Gasteiger partial charge in [0.25, 0.3) is 0 Å². The minimum Gasteiger partial charge on any atom is -0.385 e. The first-order chi connectivity index (χ1) is 17.0. The van der Waals surface area contributed by atoms with Gasteiger partial charge in [-0.15, -0.1) is 0 Å². The SMILES string of the molecule is OC1(c2ccccc2)CCN(CCC2(c3ccc(Cl)c(Cl)c3)CN(Cc3ccccc3)CO2)CC1. The third-order valence-electron chi connectivity index (χ3n) is 7.52.